The van der Waals surface area contributed by atoms with Gasteiger partial charge in [0.05, 0.1) is 5.21 Å². The van der Waals surface area contributed by atoms with Crippen molar-refractivity contribution in [2.45, 2.75) is 13.1 Å². The summed E-state index contributed by atoms with van der Waals surface area (Å²) in [6.45, 7) is 1.25. The molecule has 0 spiro atoms. The van der Waals surface area contributed by atoms with Crippen molar-refractivity contribution >= 4 is 5.95 Å². The van der Waals surface area contributed by atoms with Crippen LogP contribution in [0.25, 0.3) is 0 Å². The van der Waals surface area contributed by atoms with Gasteiger partial charge in [-0.15, -0.1) is 4.68 Å². The molecule has 1 heterocycles. The number of hydrogen-bond acceptors (Lipinski definition) is 3. The molecule has 0 amide bonds. The number of rotatable bonds is 4. The van der Waals surface area contributed by atoms with Crippen LogP contribution in [0.4, 0.5) is 5.95 Å². The lowest BCUT2D eigenvalue weighted by Crippen LogP contribution is -2.39. The molecule has 2 aromatic carbocycles. The summed E-state index contributed by atoms with van der Waals surface area (Å²) in [7, 11) is 0. The van der Waals surface area contributed by atoms with Gasteiger partial charge >= 0.3 is 5.95 Å². The first kappa shape index (κ1) is 12.3. The highest BCUT2D eigenvalue weighted by molar-refractivity contribution is 5.17. The van der Waals surface area contributed by atoms with E-state index in [9.17, 15) is 0 Å². The Morgan fingerprint density at radius 3 is 2.15 bits per heavy atom. The van der Waals surface area contributed by atoms with E-state index in [0.717, 1.165) is 11.1 Å². The second-order valence-electron chi connectivity index (χ2n) is 4.62. The first-order valence-electron chi connectivity index (χ1n) is 6.50. The summed E-state index contributed by atoms with van der Waals surface area (Å²) in [4.78, 5) is 0. The van der Waals surface area contributed by atoms with Crippen molar-refractivity contribution in [3.63, 3.8) is 0 Å². The number of benzene rings is 2. The molecule has 0 saturated carbocycles. The Labute approximate surface area is 117 Å². The maximum Gasteiger partial charge on any atom is 0.363 e. The van der Waals surface area contributed by atoms with E-state index in [2.05, 4.69) is 10.4 Å². The fourth-order valence-corrected chi connectivity index (χ4v) is 2.06. The maximum atomic E-state index is 6.10. The number of aromatic nitrogens is 4. The minimum atomic E-state index is 0.553. The molecule has 20 heavy (non-hydrogen) atoms. The maximum absolute atomic E-state index is 6.10. The number of nitrogens with zero attached hydrogens (tertiary/aromatic N) is 4. The smallest absolute Gasteiger partial charge is 0.306 e. The van der Waals surface area contributed by atoms with Crippen molar-refractivity contribution in [2.75, 3.05) is 5.73 Å². The molecule has 0 aliphatic rings. The molecule has 0 aliphatic carbocycles. The molecule has 2 N–H and O–H groups in total. The van der Waals surface area contributed by atoms with E-state index in [1.165, 1.54) is 0 Å². The second-order valence-corrected chi connectivity index (χ2v) is 4.62. The third-order valence-corrected chi connectivity index (χ3v) is 3.14. The van der Waals surface area contributed by atoms with E-state index in [-0.39, 0.29) is 0 Å². The number of hydrogen-bond donors (Lipinski definition) is 1. The predicted octanol–water partition coefficient (Wildman–Crippen LogP) is 1.24. The molecule has 0 aliphatic heterocycles. The molecular weight excluding hydrogens is 250 g/mol. The fourth-order valence-electron chi connectivity index (χ4n) is 2.06. The normalized spacial score (nSPS) is 10.6. The highest BCUT2D eigenvalue weighted by Gasteiger charge is 2.16. The van der Waals surface area contributed by atoms with Crippen LogP contribution in [0.3, 0.4) is 0 Å². The quantitative estimate of drug-likeness (QED) is 0.723. The van der Waals surface area contributed by atoms with Crippen molar-refractivity contribution in [3.05, 3.63) is 71.8 Å². The SMILES string of the molecule is Nc1n(Cc2ccccc2)nn[n+]1Cc1ccccc1. The Hall–Kier alpha value is -2.69. The first-order chi connectivity index (χ1) is 9.83. The molecular formula is C15H16N5+. The van der Waals surface area contributed by atoms with Crippen molar-refractivity contribution in [3.8, 4) is 0 Å². The monoisotopic (exact) mass is 266 g/mol. The lowest BCUT2D eigenvalue weighted by molar-refractivity contribution is -0.733. The van der Waals surface area contributed by atoms with Gasteiger partial charge in [-0.2, -0.15) is 0 Å². The number of nitrogen functional groups attached to an aromatic ring is 1. The van der Waals surface area contributed by atoms with Gasteiger partial charge in [-0.05, 0) is 11.1 Å². The summed E-state index contributed by atoms with van der Waals surface area (Å²) in [6, 6.07) is 20.2. The lowest BCUT2D eigenvalue weighted by Gasteiger charge is -1.99. The van der Waals surface area contributed by atoms with Gasteiger partial charge in [0.25, 0.3) is 0 Å². The first-order valence-corrected chi connectivity index (χ1v) is 6.50. The van der Waals surface area contributed by atoms with Crippen LogP contribution in [0.2, 0.25) is 0 Å². The van der Waals surface area contributed by atoms with Gasteiger partial charge < -0.3 is 5.73 Å². The fraction of sp³-hybridized carbons (Fsp3) is 0.133. The van der Waals surface area contributed by atoms with Crippen LogP contribution in [0.1, 0.15) is 11.1 Å². The van der Waals surface area contributed by atoms with Gasteiger partial charge in [-0.1, -0.05) is 65.3 Å². The molecule has 0 bridgehead atoms. The summed E-state index contributed by atoms with van der Waals surface area (Å²) in [5.41, 5.74) is 8.40. The zero-order valence-corrected chi connectivity index (χ0v) is 11.1. The largest absolute Gasteiger partial charge is 0.363 e. The average Bonchev–Trinajstić information content (AvgIpc) is 2.83. The highest BCUT2D eigenvalue weighted by Crippen LogP contribution is 2.04. The Bertz CT molecular complexity index is 617. The molecule has 0 fully saturated rings. The molecule has 5 heteroatoms. The predicted molar refractivity (Wildman–Crippen MR) is 75.7 cm³/mol. The Morgan fingerprint density at radius 2 is 1.50 bits per heavy atom. The lowest BCUT2D eigenvalue weighted by atomic mass is 10.2. The minimum Gasteiger partial charge on any atom is -0.306 e. The molecule has 3 rings (SSSR count). The zero-order chi connectivity index (χ0) is 13.8. The zero-order valence-electron chi connectivity index (χ0n) is 11.1. The van der Waals surface area contributed by atoms with Gasteiger partial charge in [-0.3, -0.25) is 0 Å². The second kappa shape index (κ2) is 5.52. The topological polar surface area (TPSA) is 60.6 Å². The third-order valence-electron chi connectivity index (χ3n) is 3.14. The summed E-state index contributed by atoms with van der Waals surface area (Å²) in [5, 5.41) is 8.22. The van der Waals surface area contributed by atoms with Crippen molar-refractivity contribution < 1.29 is 4.68 Å². The Morgan fingerprint density at radius 1 is 0.900 bits per heavy atom. The van der Waals surface area contributed by atoms with E-state index < -0.39 is 0 Å². The minimum absolute atomic E-state index is 0.553. The van der Waals surface area contributed by atoms with E-state index in [1.807, 2.05) is 60.7 Å². The number of tetrazole rings is 1. The van der Waals surface area contributed by atoms with E-state index in [4.69, 9.17) is 5.73 Å². The van der Waals surface area contributed by atoms with Gasteiger partial charge in [0.2, 0.25) is 0 Å². The standard InChI is InChI=1S/C15H15N5/c16-15-19(11-13-7-3-1-4-8-13)17-18-20(15)12-14-9-5-2-6-10-14/h1-10,16H,11-12H2/p+1. The summed E-state index contributed by atoms with van der Waals surface area (Å²) < 4.78 is 3.41. The van der Waals surface area contributed by atoms with Crippen LogP contribution in [-0.4, -0.2) is 15.1 Å². The molecule has 0 radical (unpaired) electrons. The van der Waals surface area contributed by atoms with Crippen LogP contribution >= 0.6 is 0 Å². The Balaban J connectivity index is 1.79. The van der Waals surface area contributed by atoms with E-state index >= 15 is 0 Å². The summed E-state index contributed by atoms with van der Waals surface area (Å²) in [5.74, 6) is 0.553. The molecule has 1 aromatic heterocycles. The summed E-state index contributed by atoms with van der Waals surface area (Å²) >= 11 is 0. The van der Waals surface area contributed by atoms with Crippen LogP contribution < -0.4 is 10.4 Å². The molecule has 0 saturated heterocycles. The van der Waals surface area contributed by atoms with Crippen molar-refractivity contribution in [1.29, 1.82) is 0 Å². The Kier molecular flexibility index (Phi) is 3.41. The molecule has 5 nitrogen and oxygen atoms in total. The van der Waals surface area contributed by atoms with Gasteiger partial charge in [0.1, 0.15) is 18.3 Å². The highest BCUT2D eigenvalue weighted by atomic mass is 15.6. The molecule has 3 aromatic rings. The number of anilines is 1. The van der Waals surface area contributed by atoms with Gasteiger partial charge in [0, 0.05) is 0 Å². The van der Waals surface area contributed by atoms with Crippen molar-refractivity contribution in [2.24, 2.45) is 0 Å². The van der Waals surface area contributed by atoms with E-state index in [0.29, 0.717) is 19.0 Å². The number of nitrogens with two attached hydrogens (primary N) is 1. The van der Waals surface area contributed by atoms with Crippen molar-refractivity contribution in [1.82, 2.24) is 15.1 Å². The van der Waals surface area contributed by atoms with Crippen LogP contribution in [0.15, 0.2) is 60.7 Å². The van der Waals surface area contributed by atoms with Gasteiger partial charge in [0.15, 0.2) is 0 Å². The van der Waals surface area contributed by atoms with E-state index in [1.54, 1.807) is 9.36 Å². The van der Waals surface area contributed by atoms with Crippen LogP contribution in [0.5, 0.6) is 0 Å². The molecule has 100 valence electrons. The van der Waals surface area contributed by atoms with Crippen LogP contribution in [0, 0.1) is 0 Å². The summed E-state index contributed by atoms with van der Waals surface area (Å²) in [6.07, 6.45) is 0. The average molecular weight is 266 g/mol. The molecule has 0 unspecified atom stereocenters. The van der Waals surface area contributed by atoms with Crippen LogP contribution in [-0.2, 0) is 13.1 Å². The third kappa shape index (κ3) is 2.66. The molecule has 0 atom stereocenters. The van der Waals surface area contributed by atoms with Gasteiger partial charge in [-0.25, -0.2) is 0 Å².